The molecule has 0 aliphatic rings. The average molecular weight is 322 g/mol. The van der Waals surface area contributed by atoms with Gasteiger partial charge in [-0.05, 0) is 49.4 Å². The summed E-state index contributed by atoms with van der Waals surface area (Å²) in [7, 11) is 3.72. The number of benzene rings is 2. The van der Waals surface area contributed by atoms with Crippen molar-refractivity contribution in [3.05, 3.63) is 59.1 Å². The number of thioether (sulfide) groups is 1. The van der Waals surface area contributed by atoms with Crippen molar-refractivity contribution in [3.8, 4) is 5.75 Å². The smallest absolute Gasteiger partial charge is 0.122 e. The highest BCUT2D eigenvalue weighted by atomic mass is 35.5. The largest absolute Gasteiger partial charge is 0.496 e. The van der Waals surface area contributed by atoms with Crippen LogP contribution in [0.2, 0.25) is 5.02 Å². The minimum atomic E-state index is 0.391. The summed E-state index contributed by atoms with van der Waals surface area (Å²) >= 11 is 7.74. The normalized spacial score (nSPS) is 12.1. The highest BCUT2D eigenvalue weighted by molar-refractivity contribution is 7.99. The molecule has 1 N–H and O–H groups in total. The summed E-state index contributed by atoms with van der Waals surface area (Å²) in [6, 6.07) is 16.5. The molecule has 0 aliphatic carbocycles. The van der Waals surface area contributed by atoms with Crippen LogP contribution >= 0.6 is 23.4 Å². The summed E-state index contributed by atoms with van der Waals surface area (Å²) in [4.78, 5) is 1.24. The molecule has 0 heterocycles. The molecule has 112 valence electrons. The second-order valence-electron chi connectivity index (χ2n) is 4.77. The molecule has 1 atom stereocenters. The van der Waals surface area contributed by atoms with Gasteiger partial charge in [-0.1, -0.05) is 29.8 Å². The number of hydrogen-bond donors (Lipinski definition) is 1. The van der Waals surface area contributed by atoms with Gasteiger partial charge in [-0.25, -0.2) is 0 Å². The van der Waals surface area contributed by atoms with Crippen LogP contribution < -0.4 is 10.1 Å². The average Bonchev–Trinajstić information content (AvgIpc) is 2.53. The number of rotatable bonds is 7. The van der Waals surface area contributed by atoms with E-state index >= 15 is 0 Å². The molecule has 0 amide bonds. The lowest BCUT2D eigenvalue weighted by molar-refractivity contribution is 0.407. The van der Waals surface area contributed by atoms with Gasteiger partial charge in [0.25, 0.3) is 0 Å². The van der Waals surface area contributed by atoms with E-state index in [4.69, 9.17) is 16.3 Å². The van der Waals surface area contributed by atoms with E-state index in [1.54, 1.807) is 7.11 Å². The first-order valence-electron chi connectivity index (χ1n) is 6.90. The molecule has 0 spiro atoms. The predicted molar refractivity (Wildman–Crippen MR) is 91.7 cm³/mol. The van der Waals surface area contributed by atoms with E-state index in [9.17, 15) is 0 Å². The van der Waals surface area contributed by atoms with Gasteiger partial charge in [-0.15, -0.1) is 11.8 Å². The second-order valence-corrected chi connectivity index (χ2v) is 6.30. The fourth-order valence-corrected chi connectivity index (χ4v) is 3.24. The highest BCUT2D eigenvalue weighted by Crippen LogP contribution is 2.24. The number of hydrogen-bond acceptors (Lipinski definition) is 3. The summed E-state index contributed by atoms with van der Waals surface area (Å²) < 4.78 is 5.42. The van der Waals surface area contributed by atoms with Gasteiger partial charge in [0.2, 0.25) is 0 Å². The maximum atomic E-state index is 5.91. The maximum absolute atomic E-state index is 5.91. The molecule has 21 heavy (non-hydrogen) atoms. The third kappa shape index (κ3) is 4.95. The molecule has 2 nitrogen and oxygen atoms in total. The van der Waals surface area contributed by atoms with Gasteiger partial charge in [0.1, 0.15) is 5.75 Å². The molecule has 0 bridgehead atoms. The Bertz CT molecular complexity index is 559. The van der Waals surface area contributed by atoms with E-state index in [1.165, 1.54) is 10.5 Å². The molecule has 0 saturated heterocycles. The minimum Gasteiger partial charge on any atom is -0.496 e. The van der Waals surface area contributed by atoms with Gasteiger partial charge in [0, 0.05) is 21.7 Å². The summed E-state index contributed by atoms with van der Waals surface area (Å²) in [5.74, 6) is 1.95. The Labute approximate surface area is 135 Å². The molecular formula is C17H20ClNOS. The standard InChI is InChI=1S/C17H20ClNOS/c1-19-15(11-13-5-3-4-6-17(13)20-2)12-21-16-9-7-14(18)8-10-16/h3-10,15,19H,11-12H2,1-2H3. The van der Waals surface area contributed by atoms with E-state index in [0.717, 1.165) is 22.9 Å². The molecule has 0 radical (unpaired) electrons. The second kappa shape index (κ2) is 8.32. The Morgan fingerprint density at radius 3 is 2.52 bits per heavy atom. The molecule has 2 aromatic rings. The van der Waals surface area contributed by atoms with Crippen molar-refractivity contribution in [3.63, 3.8) is 0 Å². The van der Waals surface area contributed by atoms with Crippen LogP contribution in [-0.2, 0) is 6.42 Å². The zero-order valence-corrected chi connectivity index (χ0v) is 13.9. The van der Waals surface area contributed by atoms with Gasteiger partial charge >= 0.3 is 0 Å². The van der Waals surface area contributed by atoms with E-state index in [-0.39, 0.29) is 0 Å². The maximum Gasteiger partial charge on any atom is 0.122 e. The van der Waals surface area contributed by atoms with Crippen LogP contribution in [0.25, 0.3) is 0 Å². The predicted octanol–water partition coefficient (Wildman–Crippen LogP) is 4.27. The summed E-state index contributed by atoms with van der Waals surface area (Å²) in [6.45, 7) is 0. The van der Waals surface area contributed by atoms with E-state index in [1.807, 2.05) is 43.1 Å². The Hall–Kier alpha value is -1.16. The van der Waals surface area contributed by atoms with E-state index < -0.39 is 0 Å². The zero-order chi connectivity index (χ0) is 15.1. The van der Waals surface area contributed by atoms with Gasteiger partial charge < -0.3 is 10.1 Å². The van der Waals surface area contributed by atoms with Gasteiger partial charge in [0.05, 0.1) is 7.11 Å². The Morgan fingerprint density at radius 2 is 1.86 bits per heavy atom. The number of likely N-dealkylation sites (N-methyl/N-ethyl adjacent to an activating group) is 1. The lowest BCUT2D eigenvalue weighted by atomic mass is 10.1. The van der Waals surface area contributed by atoms with Crippen molar-refractivity contribution in [1.82, 2.24) is 5.32 Å². The molecule has 0 saturated carbocycles. The summed E-state index contributed by atoms with van der Waals surface area (Å²) in [5, 5.41) is 4.16. The van der Waals surface area contributed by atoms with Crippen molar-refractivity contribution >= 4 is 23.4 Å². The lowest BCUT2D eigenvalue weighted by Gasteiger charge is -2.17. The molecule has 2 aromatic carbocycles. The first-order chi connectivity index (χ1) is 10.2. The number of halogens is 1. The number of para-hydroxylation sites is 1. The minimum absolute atomic E-state index is 0.391. The fraction of sp³-hybridized carbons (Fsp3) is 0.294. The Morgan fingerprint density at radius 1 is 1.14 bits per heavy atom. The van der Waals surface area contributed by atoms with Crippen LogP contribution in [0, 0.1) is 0 Å². The number of nitrogens with one attached hydrogen (secondary N) is 1. The number of ether oxygens (including phenoxy) is 1. The van der Waals surface area contributed by atoms with Gasteiger partial charge in [0.15, 0.2) is 0 Å². The monoisotopic (exact) mass is 321 g/mol. The molecule has 0 aromatic heterocycles. The van der Waals surface area contributed by atoms with Crippen molar-refractivity contribution in [2.75, 3.05) is 19.9 Å². The van der Waals surface area contributed by atoms with E-state index in [0.29, 0.717) is 6.04 Å². The van der Waals surface area contributed by atoms with Crippen LogP contribution in [0.3, 0.4) is 0 Å². The third-order valence-electron chi connectivity index (χ3n) is 3.33. The Kier molecular flexibility index (Phi) is 6.43. The lowest BCUT2D eigenvalue weighted by Crippen LogP contribution is -2.30. The van der Waals surface area contributed by atoms with Crippen molar-refractivity contribution < 1.29 is 4.74 Å². The summed E-state index contributed by atoms with van der Waals surface area (Å²) in [6.07, 6.45) is 0.946. The molecule has 2 rings (SSSR count). The van der Waals surface area contributed by atoms with E-state index in [2.05, 4.69) is 29.6 Å². The zero-order valence-electron chi connectivity index (χ0n) is 12.3. The van der Waals surface area contributed by atoms with Crippen LogP contribution in [0.15, 0.2) is 53.4 Å². The van der Waals surface area contributed by atoms with Crippen LogP contribution in [-0.4, -0.2) is 26.0 Å². The quantitative estimate of drug-likeness (QED) is 0.769. The van der Waals surface area contributed by atoms with Crippen molar-refractivity contribution in [2.24, 2.45) is 0 Å². The van der Waals surface area contributed by atoms with Crippen LogP contribution in [0.1, 0.15) is 5.56 Å². The summed E-state index contributed by atoms with van der Waals surface area (Å²) in [5.41, 5.74) is 1.23. The van der Waals surface area contributed by atoms with Gasteiger partial charge in [-0.2, -0.15) is 0 Å². The molecule has 0 fully saturated rings. The third-order valence-corrected chi connectivity index (χ3v) is 4.76. The van der Waals surface area contributed by atoms with Gasteiger partial charge in [-0.3, -0.25) is 0 Å². The van der Waals surface area contributed by atoms with Crippen molar-refractivity contribution in [1.29, 1.82) is 0 Å². The SMILES string of the molecule is CNC(CSc1ccc(Cl)cc1)Cc1ccccc1OC. The first kappa shape index (κ1) is 16.2. The molecule has 4 heteroatoms. The highest BCUT2D eigenvalue weighted by Gasteiger charge is 2.11. The van der Waals surface area contributed by atoms with Crippen LogP contribution in [0.4, 0.5) is 0 Å². The Balaban J connectivity index is 1.95. The molecule has 0 aliphatic heterocycles. The number of methoxy groups -OCH3 is 1. The van der Waals surface area contributed by atoms with Crippen LogP contribution in [0.5, 0.6) is 5.75 Å². The fourth-order valence-electron chi connectivity index (χ4n) is 2.11. The molecule has 1 unspecified atom stereocenters. The molecular weight excluding hydrogens is 302 g/mol. The topological polar surface area (TPSA) is 21.3 Å². The van der Waals surface area contributed by atoms with Crippen molar-refractivity contribution in [2.45, 2.75) is 17.4 Å². The first-order valence-corrected chi connectivity index (χ1v) is 8.27.